The number of aromatic amines is 1. The van der Waals surface area contributed by atoms with Crippen LogP contribution in [-0.4, -0.2) is 44.8 Å². The molecule has 7 nitrogen and oxygen atoms in total. The highest BCUT2D eigenvalue weighted by Crippen LogP contribution is 2.23. The number of nitrogens with zero attached hydrogens (tertiary/aromatic N) is 2. The minimum atomic E-state index is -0.963. The number of carboxylic acid groups (broad SMARTS) is 1. The van der Waals surface area contributed by atoms with Gasteiger partial charge in [0.15, 0.2) is 5.69 Å². The number of hydrogen-bond donors (Lipinski definition) is 3. The normalized spacial score (nSPS) is 18.3. The molecule has 2 heterocycles. The van der Waals surface area contributed by atoms with Crippen LogP contribution in [0, 0.1) is 0 Å². The lowest BCUT2D eigenvalue weighted by atomic mass is 10.1. The molecule has 3 rings (SSSR count). The topological polar surface area (TPSA) is 98.3 Å². The first kappa shape index (κ1) is 11.1. The Labute approximate surface area is 103 Å². The monoisotopic (exact) mass is 250 g/mol. The fourth-order valence-corrected chi connectivity index (χ4v) is 2.13. The van der Waals surface area contributed by atoms with Gasteiger partial charge in [0.1, 0.15) is 0 Å². The van der Waals surface area contributed by atoms with E-state index < -0.39 is 6.09 Å². The molecule has 2 amide bonds. The van der Waals surface area contributed by atoms with Crippen LogP contribution in [0.4, 0.5) is 4.79 Å². The van der Waals surface area contributed by atoms with Gasteiger partial charge in [0.2, 0.25) is 0 Å². The third-order valence-electron chi connectivity index (χ3n) is 3.33. The highest BCUT2D eigenvalue weighted by Gasteiger charge is 2.30. The molecule has 0 saturated heterocycles. The van der Waals surface area contributed by atoms with E-state index in [0.717, 1.165) is 18.5 Å². The standard InChI is InChI=1S/C11H14N4O3/c16-10(12-6-1-2-6)9-7-5-15(11(17)18)4-3-8(7)13-14-9/h6H,1-5H2,(H,12,16)(H,13,14)(H,17,18). The molecule has 1 saturated carbocycles. The van der Waals surface area contributed by atoms with Gasteiger partial charge in [0.05, 0.1) is 6.54 Å². The molecular formula is C11H14N4O3. The zero-order valence-corrected chi connectivity index (χ0v) is 9.77. The molecule has 7 heteroatoms. The molecule has 0 spiro atoms. The van der Waals surface area contributed by atoms with Crippen molar-refractivity contribution in [2.75, 3.05) is 6.54 Å². The maximum Gasteiger partial charge on any atom is 0.407 e. The molecule has 0 aromatic carbocycles. The van der Waals surface area contributed by atoms with Crippen molar-refractivity contribution in [3.8, 4) is 0 Å². The van der Waals surface area contributed by atoms with Gasteiger partial charge in [-0.25, -0.2) is 4.79 Å². The van der Waals surface area contributed by atoms with Crippen LogP contribution < -0.4 is 5.32 Å². The quantitative estimate of drug-likeness (QED) is 0.704. The molecular weight excluding hydrogens is 236 g/mol. The summed E-state index contributed by atoms with van der Waals surface area (Å²) in [6.45, 7) is 0.669. The molecule has 2 aliphatic rings. The van der Waals surface area contributed by atoms with E-state index in [0.29, 0.717) is 24.2 Å². The summed E-state index contributed by atoms with van der Waals surface area (Å²) >= 11 is 0. The van der Waals surface area contributed by atoms with E-state index in [9.17, 15) is 9.59 Å². The van der Waals surface area contributed by atoms with Gasteiger partial charge in [-0.15, -0.1) is 0 Å². The Hall–Kier alpha value is -2.05. The second-order valence-corrected chi connectivity index (χ2v) is 4.73. The van der Waals surface area contributed by atoms with Gasteiger partial charge in [-0.3, -0.25) is 9.89 Å². The zero-order chi connectivity index (χ0) is 12.7. The van der Waals surface area contributed by atoms with Crippen molar-refractivity contribution >= 4 is 12.0 Å². The van der Waals surface area contributed by atoms with E-state index in [2.05, 4.69) is 15.5 Å². The highest BCUT2D eigenvalue weighted by atomic mass is 16.4. The van der Waals surface area contributed by atoms with E-state index in [4.69, 9.17) is 5.11 Å². The molecule has 1 aliphatic heterocycles. The van der Waals surface area contributed by atoms with E-state index in [1.165, 1.54) is 4.90 Å². The van der Waals surface area contributed by atoms with Crippen LogP contribution in [0.15, 0.2) is 0 Å². The summed E-state index contributed by atoms with van der Waals surface area (Å²) in [7, 11) is 0. The molecule has 0 bridgehead atoms. The van der Waals surface area contributed by atoms with Crippen molar-refractivity contribution < 1.29 is 14.7 Å². The lowest BCUT2D eigenvalue weighted by molar-refractivity contribution is 0.0942. The number of fused-ring (bicyclic) bond motifs is 1. The summed E-state index contributed by atoms with van der Waals surface area (Å²) in [5.74, 6) is -0.206. The molecule has 1 fully saturated rings. The molecule has 1 aromatic rings. The van der Waals surface area contributed by atoms with E-state index in [-0.39, 0.29) is 18.5 Å². The number of carbonyl (C=O) groups excluding carboxylic acids is 1. The van der Waals surface area contributed by atoms with Gasteiger partial charge in [0, 0.05) is 30.3 Å². The highest BCUT2D eigenvalue weighted by molar-refractivity contribution is 5.94. The Balaban J connectivity index is 1.82. The smallest absolute Gasteiger partial charge is 0.407 e. The molecule has 0 atom stereocenters. The van der Waals surface area contributed by atoms with Crippen molar-refractivity contribution in [3.63, 3.8) is 0 Å². The minimum Gasteiger partial charge on any atom is -0.465 e. The first-order valence-electron chi connectivity index (χ1n) is 6.00. The third kappa shape index (κ3) is 1.92. The number of amides is 2. The first-order valence-corrected chi connectivity index (χ1v) is 6.00. The fraction of sp³-hybridized carbons (Fsp3) is 0.545. The Morgan fingerprint density at radius 1 is 1.44 bits per heavy atom. The average Bonchev–Trinajstić information content (AvgIpc) is 3.05. The lowest BCUT2D eigenvalue weighted by Crippen LogP contribution is -2.36. The number of H-pyrrole nitrogens is 1. The Morgan fingerprint density at radius 3 is 2.89 bits per heavy atom. The van der Waals surface area contributed by atoms with Crippen LogP contribution in [0.1, 0.15) is 34.6 Å². The lowest BCUT2D eigenvalue weighted by Gasteiger charge is -2.23. The Morgan fingerprint density at radius 2 is 2.22 bits per heavy atom. The van der Waals surface area contributed by atoms with Gasteiger partial charge < -0.3 is 15.3 Å². The molecule has 3 N–H and O–H groups in total. The van der Waals surface area contributed by atoms with Gasteiger partial charge in [-0.05, 0) is 12.8 Å². The van der Waals surface area contributed by atoms with Crippen LogP contribution in [0.25, 0.3) is 0 Å². The minimum absolute atomic E-state index is 0.206. The number of nitrogens with one attached hydrogen (secondary N) is 2. The van der Waals surface area contributed by atoms with Gasteiger partial charge >= 0.3 is 6.09 Å². The van der Waals surface area contributed by atoms with Crippen LogP contribution in [0.3, 0.4) is 0 Å². The molecule has 1 aromatic heterocycles. The molecule has 0 unspecified atom stereocenters. The summed E-state index contributed by atoms with van der Waals surface area (Å²) < 4.78 is 0. The Kier molecular flexibility index (Phi) is 2.46. The summed E-state index contributed by atoms with van der Waals surface area (Å²) in [6.07, 6.45) is 1.64. The molecule has 18 heavy (non-hydrogen) atoms. The third-order valence-corrected chi connectivity index (χ3v) is 3.33. The summed E-state index contributed by atoms with van der Waals surface area (Å²) in [4.78, 5) is 24.2. The Bertz CT molecular complexity index is 506. The maximum atomic E-state index is 11.9. The average molecular weight is 250 g/mol. The van der Waals surface area contributed by atoms with Crippen molar-refractivity contribution in [3.05, 3.63) is 17.0 Å². The van der Waals surface area contributed by atoms with E-state index in [1.54, 1.807) is 0 Å². The second-order valence-electron chi connectivity index (χ2n) is 4.73. The van der Waals surface area contributed by atoms with Crippen molar-refractivity contribution in [1.29, 1.82) is 0 Å². The SMILES string of the molecule is O=C(NC1CC1)c1n[nH]c2c1CN(C(=O)O)CC2. The van der Waals surface area contributed by atoms with Crippen molar-refractivity contribution in [2.45, 2.75) is 31.8 Å². The van der Waals surface area contributed by atoms with Gasteiger partial charge in [-0.2, -0.15) is 5.10 Å². The maximum absolute atomic E-state index is 11.9. The summed E-state index contributed by atoms with van der Waals surface area (Å²) in [5.41, 5.74) is 1.91. The zero-order valence-electron chi connectivity index (χ0n) is 9.77. The summed E-state index contributed by atoms with van der Waals surface area (Å²) in [6, 6.07) is 0.268. The van der Waals surface area contributed by atoms with Crippen LogP contribution in [-0.2, 0) is 13.0 Å². The molecule has 1 aliphatic carbocycles. The van der Waals surface area contributed by atoms with Gasteiger partial charge in [-0.1, -0.05) is 0 Å². The second kappa shape index (κ2) is 4.01. The largest absolute Gasteiger partial charge is 0.465 e. The van der Waals surface area contributed by atoms with Crippen LogP contribution in [0.5, 0.6) is 0 Å². The number of rotatable bonds is 2. The van der Waals surface area contributed by atoms with Crippen molar-refractivity contribution in [1.82, 2.24) is 20.4 Å². The predicted octanol–water partition coefficient (Wildman–Crippen LogP) is 0.338. The number of hydrogen-bond acceptors (Lipinski definition) is 3. The molecule has 0 radical (unpaired) electrons. The van der Waals surface area contributed by atoms with E-state index in [1.807, 2.05) is 0 Å². The fourth-order valence-electron chi connectivity index (χ4n) is 2.13. The van der Waals surface area contributed by atoms with Crippen molar-refractivity contribution in [2.24, 2.45) is 0 Å². The first-order chi connectivity index (χ1) is 8.65. The number of carbonyl (C=O) groups is 2. The van der Waals surface area contributed by atoms with Crippen LogP contribution >= 0.6 is 0 Å². The summed E-state index contributed by atoms with van der Waals surface area (Å²) in [5, 5.41) is 18.7. The molecule has 96 valence electrons. The van der Waals surface area contributed by atoms with Crippen LogP contribution in [0.2, 0.25) is 0 Å². The predicted molar refractivity (Wildman–Crippen MR) is 61.2 cm³/mol. The van der Waals surface area contributed by atoms with Gasteiger partial charge in [0.25, 0.3) is 5.91 Å². The number of aromatic nitrogens is 2. The van der Waals surface area contributed by atoms with E-state index >= 15 is 0 Å².